The third kappa shape index (κ3) is 7.17. The van der Waals surface area contributed by atoms with E-state index >= 15 is 0 Å². The van der Waals surface area contributed by atoms with Crippen molar-refractivity contribution >= 4 is 41.1 Å². The molecule has 0 saturated carbocycles. The van der Waals surface area contributed by atoms with Gasteiger partial charge in [-0.05, 0) is 49.6 Å². The van der Waals surface area contributed by atoms with E-state index in [0.717, 1.165) is 24.9 Å². The molecule has 2 saturated heterocycles. The second-order valence-corrected chi connectivity index (χ2v) is 9.16. The Morgan fingerprint density at radius 1 is 1.12 bits per heavy atom. The van der Waals surface area contributed by atoms with Gasteiger partial charge >= 0.3 is 0 Å². The molecule has 0 aromatic heterocycles. The van der Waals surface area contributed by atoms with Crippen molar-refractivity contribution < 1.29 is 19.1 Å². The van der Waals surface area contributed by atoms with Crippen molar-refractivity contribution in [3.05, 3.63) is 39.9 Å². The molecule has 1 N–H and O–H groups in total. The highest BCUT2D eigenvalue weighted by Gasteiger charge is 2.27. The first kappa shape index (κ1) is 25.0. The van der Waals surface area contributed by atoms with Crippen LogP contribution in [0.4, 0.5) is 4.39 Å². The quantitative estimate of drug-likeness (QED) is 0.475. The Morgan fingerprint density at radius 2 is 1.91 bits per heavy atom. The largest absolute Gasteiger partial charge is 0.390 e. The van der Waals surface area contributed by atoms with E-state index in [0.29, 0.717) is 55.6 Å². The normalized spacial score (nSPS) is 23.1. The molecule has 32 heavy (non-hydrogen) atoms. The van der Waals surface area contributed by atoms with Gasteiger partial charge in [0.05, 0.1) is 16.1 Å². The Balaban J connectivity index is 1.41. The van der Waals surface area contributed by atoms with Gasteiger partial charge in [-0.3, -0.25) is 9.59 Å². The van der Waals surface area contributed by atoms with Crippen LogP contribution in [0.5, 0.6) is 0 Å². The first-order chi connectivity index (χ1) is 15.3. The summed E-state index contributed by atoms with van der Waals surface area (Å²) in [7, 11) is 0. The number of hydrogen-bond donors (Lipinski definition) is 1. The number of hydrogen-bond acceptors (Lipinski definition) is 4. The number of carbonyl (C=O) groups is 2. The fourth-order valence-corrected chi connectivity index (χ4v) is 4.32. The molecule has 2 fully saturated rings. The van der Waals surface area contributed by atoms with Gasteiger partial charge in [0, 0.05) is 51.8 Å². The highest BCUT2D eigenvalue weighted by atomic mass is 35.5. The monoisotopic (exact) mass is 485 g/mol. The summed E-state index contributed by atoms with van der Waals surface area (Å²) in [6.45, 7) is 3.77. The molecule has 2 heterocycles. The van der Waals surface area contributed by atoms with E-state index in [2.05, 4.69) is 0 Å². The Labute approximate surface area is 198 Å². The Kier molecular flexibility index (Phi) is 9.34. The van der Waals surface area contributed by atoms with Gasteiger partial charge in [0.2, 0.25) is 11.8 Å². The molecule has 2 atom stereocenters. The van der Waals surface area contributed by atoms with Gasteiger partial charge in [-0.1, -0.05) is 29.3 Å². The number of likely N-dealkylation sites (tertiary alicyclic amines) is 1. The Morgan fingerprint density at radius 3 is 2.66 bits per heavy atom. The number of aliphatic hydroxyl groups is 1. The van der Waals surface area contributed by atoms with E-state index < -0.39 is 12.3 Å². The van der Waals surface area contributed by atoms with E-state index in [-0.39, 0.29) is 18.4 Å². The number of halogens is 3. The van der Waals surface area contributed by atoms with Crippen LogP contribution < -0.4 is 0 Å². The number of unbranched alkanes of at least 4 members (excludes halogenated alkanes) is 1. The summed E-state index contributed by atoms with van der Waals surface area (Å²) >= 11 is 11.9. The molecule has 9 heteroatoms. The predicted molar refractivity (Wildman–Crippen MR) is 124 cm³/mol. The zero-order valence-electron chi connectivity index (χ0n) is 18.1. The number of aliphatic hydroxyl groups excluding tert-OH is 1. The van der Waals surface area contributed by atoms with E-state index in [1.165, 1.54) is 6.08 Å². The Bertz CT molecular complexity index is 839. The lowest BCUT2D eigenvalue weighted by atomic mass is 10.1. The standard InChI is InChI=1S/C23H30Cl2FN3O3/c24-18-5-3-17(15-19(18)25)4-6-22(31)29-12-8-23(32)28(13-14-29)10-2-1-9-27-11-7-21(30)20(26)16-27/h3-6,15,20-21,30H,1-2,7-14,16H2/t20-,21-/m0/s1. The highest BCUT2D eigenvalue weighted by molar-refractivity contribution is 6.42. The molecule has 1 aromatic carbocycles. The third-order valence-electron chi connectivity index (χ3n) is 6.01. The lowest BCUT2D eigenvalue weighted by Crippen LogP contribution is -2.44. The number of piperidine rings is 1. The lowest BCUT2D eigenvalue weighted by molar-refractivity contribution is -0.130. The average Bonchev–Trinajstić information content (AvgIpc) is 2.96. The van der Waals surface area contributed by atoms with Crippen molar-refractivity contribution in [3.63, 3.8) is 0 Å². The van der Waals surface area contributed by atoms with Crippen LogP contribution in [0.1, 0.15) is 31.2 Å². The molecule has 0 bridgehead atoms. The molecule has 2 aliphatic rings. The second-order valence-electron chi connectivity index (χ2n) is 8.34. The van der Waals surface area contributed by atoms with Crippen LogP contribution in [0, 0.1) is 0 Å². The van der Waals surface area contributed by atoms with Crippen molar-refractivity contribution in [1.82, 2.24) is 14.7 Å². The topological polar surface area (TPSA) is 64.1 Å². The van der Waals surface area contributed by atoms with Gasteiger partial charge < -0.3 is 19.8 Å². The fraction of sp³-hybridized carbons (Fsp3) is 0.565. The molecule has 2 aliphatic heterocycles. The summed E-state index contributed by atoms with van der Waals surface area (Å²) in [4.78, 5) is 30.6. The maximum Gasteiger partial charge on any atom is 0.246 e. The minimum atomic E-state index is -1.18. The van der Waals surface area contributed by atoms with Crippen molar-refractivity contribution in [2.45, 2.75) is 38.0 Å². The zero-order valence-corrected chi connectivity index (χ0v) is 19.6. The maximum absolute atomic E-state index is 13.6. The van der Waals surface area contributed by atoms with Gasteiger partial charge in [0.1, 0.15) is 6.17 Å². The molecule has 0 spiro atoms. The van der Waals surface area contributed by atoms with E-state index in [4.69, 9.17) is 23.2 Å². The first-order valence-corrected chi connectivity index (χ1v) is 11.8. The smallest absolute Gasteiger partial charge is 0.246 e. The minimum Gasteiger partial charge on any atom is -0.390 e. The minimum absolute atomic E-state index is 0.0543. The molecular formula is C23H30Cl2FN3O3. The number of nitrogens with zero attached hydrogens (tertiary/aromatic N) is 3. The van der Waals surface area contributed by atoms with Crippen LogP contribution >= 0.6 is 23.2 Å². The summed E-state index contributed by atoms with van der Waals surface area (Å²) in [5, 5.41) is 10.4. The zero-order chi connectivity index (χ0) is 23.1. The van der Waals surface area contributed by atoms with Crippen molar-refractivity contribution in [1.29, 1.82) is 0 Å². The third-order valence-corrected chi connectivity index (χ3v) is 6.74. The van der Waals surface area contributed by atoms with E-state index in [9.17, 15) is 19.1 Å². The van der Waals surface area contributed by atoms with E-state index in [1.807, 2.05) is 9.80 Å². The SMILES string of the molecule is O=C(C=Cc1ccc(Cl)c(Cl)c1)N1CCC(=O)N(CCCCN2CC[C@H](O)[C@@H](F)C2)CC1. The van der Waals surface area contributed by atoms with Gasteiger partial charge in [0.25, 0.3) is 0 Å². The lowest BCUT2D eigenvalue weighted by Gasteiger charge is -2.32. The highest BCUT2D eigenvalue weighted by Crippen LogP contribution is 2.23. The summed E-state index contributed by atoms with van der Waals surface area (Å²) in [6.07, 6.45) is 3.63. The molecule has 0 aliphatic carbocycles. The maximum atomic E-state index is 13.6. The molecule has 6 nitrogen and oxygen atoms in total. The predicted octanol–water partition coefficient (Wildman–Crippen LogP) is 3.25. The Hall–Kier alpha value is -1.67. The van der Waals surface area contributed by atoms with Crippen LogP contribution in [-0.2, 0) is 9.59 Å². The molecule has 3 rings (SSSR count). The number of carbonyl (C=O) groups excluding carboxylic acids is 2. The first-order valence-electron chi connectivity index (χ1n) is 11.1. The van der Waals surface area contributed by atoms with Crippen molar-refractivity contribution in [2.75, 3.05) is 45.8 Å². The number of alkyl halides is 1. The van der Waals surface area contributed by atoms with Crippen LogP contribution in [0.15, 0.2) is 24.3 Å². The van der Waals surface area contributed by atoms with E-state index in [1.54, 1.807) is 29.2 Å². The van der Waals surface area contributed by atoms with Gasteiger partial charge in [-0.15, -0.1) is 0 Å². The summed E-state index contributed by atoms with van der Waals surface area (Å²) in [5.41, 5.74) is 0.780. The van der Waals surface area contributed by atoms with Gasteiger partial charge in [-0.25, -0.2) is 4.39 Å². The summed E-state index contributed by atoms with van der Waals surface area (Å²) < 4.78 is 13.6. The van der Waals surface area contributed by atoms with Crippen LogP contribution in [0.2, 0.25) is 10.0 Å². The van der Waals surface area contributed by atoms with Gasteiger partial charge in [-0.2, -0.15) is 0 Å². The van der Waals surface area contributed by atoms with Crippen LogP contribution in [0.3, 0.4) is 0 Å². The van der Waals surface area contributed by atoms with Crippen LogP contribution in [0.25, 0.3) is 6.08 Å². The fourth-order valence-electron chi connectivity index (χ4n) is 4.01. The molecular weight excluding hydrogens is 456 g/mol. The van der Waals surface area contributed by atoms with Crippen molar-refractivity contribution in [3.8, 4) is 0 Å². The molecule has 1 aromatic rings. The molecule has 176 valence electrons. The molecule has 0 unspecified atom stereocenters. The molecule has 2 amide bonds. The number of rotatable bonds is 7. The van der Waals surface area contributed by atoms with Crippen LogP contribution in [-0.4, -0.2) is 89.7 Å². The second kappa shape index (κ2) is 12.0. The average molecular weight is 486 g/mol. The summed E-state index contributed by atoms with van der Waals surface area (Å²) in [6, 6.07) is 5.16. The van der Waals surface area contributed by atoms with Gasteiger partial charge in [0.15, 0.2) is 0 Å². The van der Waals surface area contributed by atoms with Crippen molar-refractivity contribution in [2.24, 2.45) is 0 Å². The number of amides is 2. The molecule has 0 radical (unpaired) electrons. The summed E-state index contributed by atoms with van der Waals surface area (Å²) in [5.74, 6) is -0.0857. The number of benzene rings is 1.